The van der Waals surface area contributed by atoms with Crippen molar-refractivity contribution in [2.75, 3.05) is 46.0 Å². The van der Waals surface area contributed by atoms with Gasteiger partial charge in [-0.05, 0) is 38.4 Å². The third-order valence-corrected chi connectivity index (χ3v) is 2.49. The van der Waals surface area contributed by atoms with Crippen molar-refractivity contribution in [2.45, 2.75) is 12.8 Å². The predicted octanol–water partition coefficient (Wildman–Crippen LogP) is -0.415. The number of rotatable bonds is 7. The van der Waals surface area contributed by atoms with E-state index in [1.807, 2.05) is 0 Å². The van der Waals surface area contributed by atoms with Crippen LogP contribution in [0.2, 0.25) is 0 Å². The zero-order chi connectivity index (χ0) is 10.1. The Balaban J connectivity index is 1.82. The number of hydrogen-bond donors (Lipinski definition) is 3. The second-order valence-corrected chi connectivity index (χ2v) is 3.75. The molecule has 1 aliphatic heterocycles. The van der Waals surface area contributed by atoms with E-state index in [1.165, 1.54) is 19.4 Å². The molecule has 0 aromatic heterocycles. The molecule has 0 spiro atoms. The Labute approximate surface area is 86.0 Å². The van der Waals surface area contributed by atoms with Crippen molar-refractivity contribution in [3.8, 4) is 0 Å². The van der Waals surface area contributed by atoms with Crippen LogP contribution in [0.1, 0.15) is 12.8 Å². The van der Waals surface area contributed by atoms with Gasteiger partial charge in [0.15, 0.2) is 0 Å². The number of aliphatic hydroxyl groups excluding tert-OH is 1. The smallest absolute Gasteiger partial charge is 0.0698 e. The monoisotopic (exact) mass is 202 g/mol. The lowest BCUT2D eigenvalue weighted by molar-refractivity contribution is 0.0933. The fraction of sp³-hybridized carbons (Fsp3) is 1.00. The number of nitrogens with one attached hydrogen (secondary N) is 2. The first-order valence-electron chi connectivity index (χ1n) is 5.53. The minimum atomic E-state index is 0.118. The molecule has 0 bridgehead atoms. The van der Waals surface area contributed by atoms with Gasteiger partial charge in [0.1, 0.15) is 0 Å². The molecule has 0 aromatic rings. The molecule has 0 aliphatic carbocycles. The summed E-state index contributed by atoms with van der Waals surface area (Å²) in [7, 11) is 0. The number of aliphatic hydroxyl groups is 1. The van der Waals surface area contributed by atoms with E-state index in [0.717, 1.165) is 25.6 Å². The van der Waals surface area contributed by atoms with Crippen molar-refractivity contribution in [3.63, 3.8) is 0 Å². The van der Waals surface area contributed by atoms with Gasteiger partial charge in [-0.3, -0.25) is 0 Å². The highest BCUT2D eigenvalue weighted by Gasteiger charge is 2.11. The molecule has 1 rings (SSSR count). The van der Waals surface area contributed by atoms with Gasteiger partial charge in [0.2, 0.25) is 0 Å². The van der Waals surface area contributed by atoms with Crippen molar-refractivity contribution >= 4 is 0 Å². The van der Waals surface area contributed by atoms with Gasteiger partial charge in [-0.2, -0.15) is 0 Å². The maximum absolute atomic E-state index is 8.47. The first-order valence-corrected chi connectivity index (χ1v) is 5.53. The van der Waals surface area contributed by atoms with Gasteiger partial charge in [0, 0.05) is 6.54 Å². The molecule has 4 heteroatoms. The molecule has 1 unspecified atom stereocenters. The van der Waals surface area contributed by atoms with E-state index in [4.69, 9.17) is 9.84 Å². The molecule has 1 atom stereocenters. The molecule has 4 nitrogen and oxygen atoms in total. The number of piperidine rings is 1. The van der Waals surface area contributed by atoms with E-state index >= 15 is 0 Å². The molecule has 14 heavy (non-hydrogen) atoms. The molecule has 0 amide bonds. The van der Waals surface area contributed by atoms with E-state index in [1.54, 1.807) is 0 Å². The third kappa shape index (κ3) is 5.54. The highest BCUT2D eigenvalue weighted by atomic mass is 16.5. The molecule has 1 heterocycles. The van der Waals surface area contributed by atoms with E-state index in [0.29, 0.717) is 13.2 Å². The summed E-state index contributed by atoms with van der Waals surface area (Å²) >= 11 is 0. The summed E-state index contributed by atoms with van der Waals surface area (Å²) in [5, 5.41) is 15.2. The minimum absolute atomic E-state index is 0.118. The standard InChI is InChI=1S/C10H22N2O2/c13-5-7-14-6-4-12-9-10-2-1-3-11-8-10/h10-13H,1-9H2. The lowest BCUT2D eigenvalue weighted by atomic mass is 10.00. The minimum Gasteiger partial charge on any atom is -0.394 e. The topological polar surface area (TPSA) is 53.5 Å². The van der Waals surface area contributed by atoms with Gasteiger partial charge in [-0.15, -0.1) is 0 Å². The normalized spacial score (nSPS) is 22.5. The largest absolute Gasteiger partial charge is 0.394 e. The molecule has 3 N–H and O–H groups in total. The van der Waals surface area contributed by atoms with Crippen LogP contribution in [0.25, 0.3) is 0 Å². The molecule has 1 fully saturated rings. The lowest BCUT2D eigenvalue weighted by Gasteiger charge is -2.22. The molecule has 84 valence electrons. The summed E-state index contributed by atoms with van der Waals surface area (Å²) in [6.45, 7) is 5.55. The Morgan fingerprint density at radius 2 is 2.36 bits per heavy atom. The van der Waals surface area contributed by atoms with Crippen molar-refractivity contribution in [2.24, 2.45) is 5.92 Å². The number of hydrogen-bond acceptors (Lipinski definition) is 4. The Hall–Kier alpha value is -0.160. The molecule has 1 saturated heterocycles. The van der Waals surface area contributed by atoms with Gasteiger partial charge in [-0.1, -0.05) is 0 Å². The van der Waals surface area contributed by atoms with Crippen LogP contribution in [-0.2, 0) is 4.74 Å². The maximum atomic E-state index is 8.47. The van der Waals surface area contributed by atoms with Crippen molar-refractivity contribution in [1.82, 2.24) is 10.6 Å². The molecule has 1 aliphatic rings. The van der Waals surface area contributed by atoms with Crippen LogP contribution >= 0.6 is 0 Å². The summed E-state index contributed by atoms with van der Waals surface area (Å²) in [5.74, 6) is 0.779. The second kappa shape index (κ2) is 8.17. The lowest BCUT2D eigenvalue weighted by Crippen LogP contribution is -2.36. The first-order chi connectivity index (χ1) is 6.93. The molecular formula is C10H22N2O2. The Kier molecular flexibility index (Phi) is 6.95. The van der Waals surface area contributed by atoms with Gasteiger partial charge >= 0.3 is 0 Å². The Bertz CT molecular complexity index is 127. The highest BCUT2D eigenvalue weighted by molar-refractivity contribution is 4.70. The maximum Gasteiger partial charge on any atom is 0.0698 e. The van der Waals surface area contributed by atoms with Crippen LogP contribution in [0.15, 0.2) is 0 Å². The third-order valence-electron chi connectivity index (χ3n) is 2.49. The van der Waals surface area contributed by atoms with Crippen LogP contribution in [0.5, 0.6) is 0 Å². The van der Waals surface area contributed by atoms with Crippen LogP contribution in [0, 0.1) is 5.92 Å². The van der Waals surface area contributed by atoms with Crippen molar-refractivity contribution < 1.29 is 9.84 Å². The average Bonchev–Trinajstić information content (AvgIpc) is 2.25. The van der Waals surface area contributed by atoms with Crippen LogP contribution in [-0.4, -0.2) is 51.1 Å². The van der Waals surface area contributed by atoms with Gasteiger partial charge < -0.3 is 20.5 Å². The van der Waals surface area contributed by atoms with Gasteiger partial charge in [0.05, 0.1) is 19.8 Å². The van der Waals surface area contributed by atoms with E-state index in [2.05, 4.69) is 10.6 Å². The zero-order valence-electron chi connectivity index (χ0n) is 8.80. The highest BCUT2D eigenvalue weighted by Crippen LogP contribution is 2.07. The van der Waals surface area contributed by atoms with E-state index in [-0.39, 0.29) is 6.61 Å². The van der Waals surface area contributed by atoms with Gasteiger partial charge in [0.25, 0.3) is 0 Å². The van der Waals surface area contributed by atoms with Crippen molar-refractivity contribution in [3.05, 3.63) is 0 Å². The van der Waals surface area contributed by atoms with Crippen molar-refractivity contribution in [1.29, 1.82) is 0 Å². The molecule has 0 radical (unpaired) electrons. The summed E-state index contributed by atoms with van der Waals surface area (Å²) in [5.41, 5.74) is 0. The SMILES string of the molecule is OCCOCCNCC1CCCNC1. The fourth-order valence-electron chi connectivity index (χ4n) is 1.72. The Morgan fingerprint density at radius 3 is 3.07 bits per heavy atom. The van der Waals surface area contributed by atoms with Gasteiger partial charge in [-0.25, -0.2) is 0 Å². The number of ether oxygens (including phenoxy) is 1. The predicted molar refractivity (Wildman–Crippen MR) is 56.4 cm³/mol. The summed E-state index contributed by atoms with van der Waals surface area (Å²) in [6, 6.07) is 0. The summed E-state index contributed by atoms with van der Waals surface area (Å²) < 4.78 is 5.14. The Morgan fingerprint density at radius 1 is 1.43 bits per heavy atom. The second-order valence-electron chi connectivity index (χ2n) is 3.75. The first kappa shape index (κ1) is 11.9. The van der Waals surface area contributed by atoms with E-state index in [9.17, 15) is 0 Å². The average molecular weight is 202 g/mol. The van der Waals surface area contributed by atoms with Crippen LogP contribution in [0.3, 0.4) is 0 Å². The van der Waals surface area contributed by atoms with Crippen LogP contribution in [0.4, 0.5) is 0 Å². The van der Waals surface area contributed by atoms with E-state index < -0.39 is 0 Å². The quantitative estimate of drug-likeness (QED) is 0.491. The summed E-state index contributed by atoms with van der Waals surface area (Å²) in [4.78, 5) is 0. The molecule has 0 saturated carbocycles. The summed E-state index contributed by atoms with van der Waals surface area (Å²) in [6.07, 6.45) is 2.63. The fourth-order valence-corrected chi connectivity index (χ4v) is 1.72. The molecule has 0 aromatic carbocycles. The zero-order valence-corrected chi connectivity index (χ0v) is 8.80. The van der Waals surface area contributed by atoms with Crippen LogP contribution < -0.4 is 10.6 Å². The molecular weight excluding hydrogens is 180 g/mol.